The summed E-state index contributed by atoms with van der Waals surface area (Å²) in [6.45, 7) is 6.65. The van der Waals surface area contributed by atoms with E-state index in [1.165, 1.54) is 12.1 Å². The summed E-state index contributed by atoms with van der Waals surface area (Å²) in [5, 5.41) is 6.55. The Hall–Kier alpha value is -4.56. The zero-order chi connectivity index (χ0) is 30.6. The number of anilines is 1. The average molecular weight is 597 g/mol. The molecule has 5 rings (SSSR count). The van der Waals surface area contributed by atoms with E-state index in [0.717, 1.165) is 33.9 Å². The predicted molar refractivity (Wildman–Crippen MR) is 171 cm³/mol. The molecule has 0 spiro atoms. The maximum absolute atomic E-state index is 15.1. The lowest BCUT2D eigenvalue weighted by Crippen LogP contribution is -2.27. The summed E-state index contributed by atoms with van der Waals surface area (Å²) in [4.78, 5) is 25.9. The minimum Gasteiger partial charge on any atom is -0.473 e. The van der Waals surface area contributed by atoms with Gasteiger partial charge < -0.3 is 19.8 Å². The number of amides is 2. The van der Waals surface area contributed by atoms with Gasteiger partial charge in [-0.1, -0.05) is 63.2 Å². The number of benzene rings is 4. The number of thiol groups is 1. The van der Waals surface area contributed by atoms with E-state index in [0.29, 0.717) is 23.5 Å². The monoisotopic (exact) mass is 596 g/mol. The Morgan fingerprint density at radius 3 is 2.30 bits per heavy atom. The Bertz CT molecular complexity index is 1710. The number of hydrogen-bond acceptors (Lipinski definition) is 5. The molecule has 6 nitrogen and oxygen atoms in total. The lowest BCUT2D eigenvalue weighted by atomic mass is 9.86. The zero-order valence-corrected chi connectivity index (χ0v) is 25.1. The summed E-state index contributed by atoms with van der Waals surface area (Å²) in [6.07, 6.45) is -1.16. The van der Waals surface area contributed by atoms with Crippen LogP contribution < -0.4 is 15.4 Å². The Balaban J connectivity index is 1.39. The van der Waals surface area contributed by atoms with Gasteiger partial charge in [0.05, 0.1) is 0 Å². The molecule has 0 saturated carbocycles. The van der Waals surface area contributed by atoms with Crippen molar-refractivity contribution in [2.45, 2.75) is 32.3 Å². The molecule has 0 fully saturated rings. The van der Waals surface area contributed by atoms with Gasteiger partial charge in [-0.2, -0.15) is 12.6 Å². The van der Waals surface area contributed by atoms with Crippen LogP contribution in [0.25, 0.3) is 22.3 Å². The van der Waals surface area contributed by atoms with Gasteiger partial charge in [0.15, 0.2) is 11.6 Å². The third kappa shape index (κ3) is 7.09. The van der Waals surface area contributed by atoms with Crippen LogP contribution in [0.4, 0.5) is 10.1 Å². The Labute approximate surface area is 255 Å². The molecule has 0 radical (unpaired) electrons. The number of carbonyl (C=O) groups excluding carboxylic acids is 2. The van der Waals surface area contributed by atoms with Crippen LogP contribution in [-0.4, -0.2) is 24.1 Å². The molecule has 5 aromatic rings. The first-order chi connectivity index (χ1) is 20.6. The third-order valence-electron chi connectivity index (χ3n) is 7.02. The van der Waals surface area contributed by atoms with Crippen molar-refractivity contribution in [1.82, 2.24) is 5.32 Å². The fourth-order valence-electron chi connectivity index (χ4n) is 4.62. The molecule has 220 valence electrons. The zero-order valence-electron chi connectivity index (χ0n) is 24.2. The van der Waals surface area contributed by atoms with Gasteiger partial charge in [0.1, 0.15) is 11.3 Å². The third-order valence-corrected chi connectivity index (χ3v) is 7.24. The summed E-state index contributed by atoms with van der Waals surface area (Å²) in [7, 11) is 0. The van der Waals surface area contributed by atoms with Gasteiger partial charge in [-0.05, 0) is 65.6 Å². The predicted octanol–water partition coefficient (Wildman–Crippen LogP) is 7.95. The molecular weight excluding hydrogens is 563 g/mol. The summed E-state index contributed by atoms with van der Waals surface area (Å²) in [5.41, 5.74) is 3.90. The maximum atomic E-state index is 15.1. The van der Waals surface area contributed by atoms with Crippen LogP contribution >= 0.6 is 12.6 Å². The topological polar surface area (TPSA) is 80.6 Å². The van der Waals surface area contributed by atoms with Gasteiger partial charge in [0, 0.05) is 40.1 Å². The van der Waals surface area contributed by atoms with E-state index in [2.05, 4.69) is 44.0 Å². The summed E-state index contributed by atoms with van der Waals surface area (Å²) < 4.78 is 27.1. The molecule has 0 aliphatic heterocycles. The Kier molecular flexibility index (Phi) is 8.87. The SMILES string of the molecule is CC(C)(C)c1ccc(C(Oc2ccc(C(=O)NCCS)cc2F)C(=O)Nc2ccc(-c3cc4ccccc4o3)cc2)cc1. The molecule has 4 aromatic carbocycles. The number of fused-ring (bicyclic) bond motifs is 1. The number of para-hydroxylation sites is 1. The van der Waals surface area contributed by atoms with Crippen LogP contribution in [0.15, 0.2) is 101 Å². The second kappa shape index (κ2) is 12.8. The highest BCUT2D eigenvalue weighted by Crippen LogP contribution is 2.31. The molecular formula is C35H33FN2O4S. The van der Waals surface area contributed by atoms with Gasteiger partial charge in [0.25, 0.3) is 11.8 Å². The smallest absolute Gasteiger partial charge is 0.270 e. The van der Waals surface area contributed by atoms with Crippen molar-refractivity contribution < 1.29 is 23.1 Å². The van der Waals surface area contributed by atoms with Crippen LogP contribution in [0.1, 0.15) is 48.4 Å². The van der Waals surface area contributed by atoms with E-state index >= 15 is 4.39 Å². The first-order valence-electron chi connectivity index (χ1n) is 14.0. The largest absolute Gasteiger partial charge is 0.473 e. The highest BCUT2D eigenvalue weighted by atomic mass is 32.1. The summed E-state index contributed by atoms with van der Waals surface area (Å²) in [5.74, 6) is -0.614. The quantitative estimate of drug-likeness (QED) is 0.151. The van der Waals surface area contributed by atoms with E-state index in [1.807, 2.05) is 66.7 Å². The highest BCUT2D eigenvalue weighted by molar-refractivity contribution is 7.80. The van der Waals surface area contributed by atoms with Crippen molar-refractivity contribution in [3.8, 4) is 17.1 Å². The van der Waals surface area contributed by atoms with Gasteiger partial charge in [-0.25, -0.2) is 4.39 Å². The van der Waals surface area contributed by atoms with E-state index in [1.54, 1.807) is 12.1 Å². The summed E-state index contributed by atoms with van der Waals surface area (Å²) in [6, 6.07) is 28.4. The van der Waals surface area contributed by atoms with E-state index in [4.69, 9.17) is 9.15 Å². The van der Waals surface area contributed by atoms with Gasteiger partial charge in [-0.3, -0.25) is 9.59 Å². The molecule has 2 N–H and O–H groups in total. The average Bonchev–Trinajstić information content (AvgIpc) is 3.43. The second-order valence-corrected chi connectivity index (χ2v) is 11.7. The maximum Gasteiger partial charge on any atom is 0.270 e. The lowest BCUT2D eigenvalue weighted by molar-refractivity contribution is -0.123. The molecule has 1 heterocycles. The standard InChI is InChI=1S/C35H33FN2O4S/c1-35(2,3)26-13-8-23(9-14-26)32(42-30-17-12-25(20-28(30)36)33(39)37-18-19-43)34(40)38-27-15-10-22(11-16-27)31-21-24-6-4-5-7-29(24)41-31/h4-17,20-21,32,43H,18-19H2,1-3H3,(H,37,39)(H,38,40). The Morgan fingerprint density at radius 2 is 1.65 bits per heavy atom. The highest BCUT2D eigenvalue weighted by Gasteiger charge is 2.26. The van der Waals surface area contributed by atoms with E-state index in [9.17, 15) is 9.59 Å². The molecule has 1 atom stereocenters. The second-order valence-electron chi connectivity index (χ2n) is 11.2. The molecule has 0 saturated heterocycles. The number of nitrogens with one attached hydrogen (secondary N) is 2. The molecule has 1 unspecified atom stereocenters. The van der Waals surface area contributed by atoms with Crippen molar-refractivity contribution in [3.63, 3.8) is 0 Å². The van der Waals surface area contributed by atoms with E-state index in [-0.39, 0.29) is 16.7 Å². The normalized spacial score (nSPS) is 12.1. The molecule has 1 aromatic heterocycles. The lowest BCUT2D eigenvalue weighted by Gasteiger charge is -2.22. The van der Waals surface area contributed by atoms with Crippen molar-refractivity contribution in [2.75, 3.05) is 17.6 Å². The minimum atomic E-state index is -1.16. The minimum absolute atomic E-state index is 0.0891. The number of carbonyl (C=O) groups is 2. The molecule has 0 aliphatic carbocycles. The Morgan fingerprint density at radius 1 is 0.930 bits per heavy atom. The van der Waals surface area contributed by atoms with Crippen LogP contribution in [0, 0.1) is 5.82 Å². The summed E-state index contributed by atoms with van der Waals surface area (Å²) >= 11 is 4.07. The van der Waals surface area contributed by atoms with Crippen molar-refractivity contribution in [1.29, 1.82) is 0 Å². The molecule has 0 bridgehead atoms. The molecule has 0 aliphatic rings. The number of rotatable bonds is 9. The number of ether oxygens (including phenoxy) is 1. The molecule has 8 heteroatoms. The number of halogens is 1. The van der Waals surface area contributed by atoms with Crippen LogP contribution in [0.5, 0.6) is 5.75 Å². The molecule has 2 amide bonds. The number of hydrogen-bond donors (Lipinski definition) is 3. The van der Waals surface area contributed by atoms with Gasteiger partial charge in [-0.15, -0.1) is 0 Å². The fraction of sp³-hybridized carbons (Fsp3) is 0.200. The van der Waals surface area contributed by atoms with Crippen molar-refractivity contribution in [2.24, 2.45) is 0 Å². The number of furan rings is 1. The van der Waals surface area contributed by atoms with Crippen molar-refractivity contribution in [3.05, 3.63) is 120 Å². The van der Waals surface area contributed by atoms with Crippen molar-refractivity contribution >= 4 is 41.1 Å². The first kappa shape index (κ1) is 29.9. The first-order valence-corrected chi connectivity index (χ1v) is 14.6. The van der Waals surface area contributed by atoms with E-state index < -0.39 is 23.7 Å². The van der Waals surface area contributed by atoms with Crippen LogP contribution in [0.2, 0.25) is 0 Å². The molecule has 43 heavy (non-hydrogen) atoms. The van der Waals surface area contributed by atoms with Crippen LogP contribution in [-0.2, 0) is 10.2 Å². The van der Waals surface area contributed by atoms with Gasteiger partial charge >= 0.3 is 0 Å². The fourth-order valence-corrected chi connectivity index (χ4v) is 4.73. The van der Waals surface area contributed by atoms with Crippen LogP contribution in [0.3, 0.4) is 0 Å². The van der Waals surface area contributed by atoms with Gasteiger partial charge in [0.2, 0.25) is 6.10 Å².